The van der Waals surface area contributed by atoms with Crippen LogP contribution >= 0.6 is 27.3 Å². The van der Waals surface area contributed by atoms with Gasteiger partial charge in [-0.2, -0.15) is 11.3 Å². The summed E-state index contributed by atoms with van der Waals surface area (Å²) in [4.78, 5) is 0. The van der Waals surface area contributed by atoms with Gasteiger partial charge in [-0.25, -0.2) is 0 Å². The summed E-state index contributed by atoms with van der Waals surface area (Å²) in [5.41, 5.74) is 5.35. The van der Waals surface area contributed by atoms with Gasteiger partial charge in [0, 0.05) is 15.3 Å². The van der Waals surface area contributed by atoms with Crippen LogP contribution in [-0.4, -0.2) is 0 Å². The van der Waals surface area contributed by atoms with Crippen molar-refractivity contribution in [3.8, 4) is 0 Å². The summed E-state index contributed by atoms with van der Waals surface area (Å²) >= 11 is 5.27. The van der Waals surface area contributed by atoms with Crippen LogP contribution in [0.15, 0.2) is 45.6 Å². The fraction of sp³-hybridized carbons (Fsp3) is 0.286. The number of hydrogen-bond donors (Lipinski definition) is 2. The van der Waals surface area contributed by atoms with Gasteiger partial charge in [0.05, 0.1) is 6.04 Å². The molecule has 0 saturated carbocycles. The van der Waals surface area contributed by atoms with Crippen molar-refractivity contribution in [2.24, 2.45) is 5.84 Å². The molecule has 2 rings (SSSR count). The first-order valence-electron chi connectivity index (χ1n) is 5.80. The topological polar surface area (TPSA) is 38.0 Å². The van der Waals surface area contributed by atoms with Crippen molar-refractivity contribution in [3.05, 3.63) is 56.7 Å². The molecule has 0 radical (unpaired) electrons. The van der Waals surface area contributed by atoms with Crippen LogP contribution < -0.4 is 11.3 Å². The fourth-order valence-corrected chi connectivity index (χ4v) is 3.77. The van der Waals surface area contributed by atoms with Crippen molar-refractivity contribution in [2.75, 3.05) is 0 Å². The summed E-state index contributed by atoms with van der Waals surface area (Å²) in [6.07, 6.45) is 0. The highest BCUT2D eigenvalue weighted by Crippen LogP contribution is 2.40. The molecule has 0 aliphatic heterocycles. The first-order valence-corrected chi connectivity index (χ1v) is 7.54. The zero-order chi connectivity index (χ0) is 13.2. The van der Waals surface area contributed by atoms with E-state index in [2.05, 4.69) is 70.2 Å². The summed E-state index contributed by atoms with van der Waals surface area (Å²) in [5, 5.41) is 4.22. The molecule has 18 heavy (non-hydrogen) atoms. The van der Waals surface area contributed by atoms with Gasteiger partial charge in [-0.15, -0.1) is 0 Å². The fourth-order valence-electron chi connectivity index (χ4n) is 2.22. The standard InChI is InChI=1S/C14H17BrN2S/c1-14(2,10-6-4-3-5-7-10)13(17-16)11-8-18-9-12(11)15/h3-9,13,17H,16H2,1-2H3. The molecule has 1 atom stereocenters. The molecule has 4 heteroatoms. The molecule has 2 aromatic rings. The summed E-state index contributed by atoms with van der Waals surface area (Å²) in [5.74, 6) is 5.79. The summed E-state index contributed by atoms with van der Waals surface area (Å²) < 4.78 is 1.11. The lowest BCUT2D eigenvalue weighted by molar-refractivity contribution is 0.352. The zero-order valence-corrected chi connectivity index (χ0v) is 12.9. The minimum atomic E-state index is -0.0837. The van der Waals surface area contributed by atoms with Crippen molar-refractivity contribution >= 4 is 27.3 Å². The lowest BCUT2D eigenvalue weighted by Crippen LogP contribution is -2.41. The molecular formula is C14H17BrN2S. The predicted molar refractivity (Wildman–Crippen MR) is 81.6 cm³/mol. The van der Waals surface area contributed by atoms with Crippen LogP contribution in [0.25, 0.3) is 0 Å². The van der Waals surface area contributed by atoms with Crippen molar-refractivity contribution in [3.63, 3.8) is 0 Å². The Bertz CT molecular complexity index is 508. The van der Waals surface area contributed by atoms with Crippen LogP contribution in [0, 0.1) is 0 Å². The second-order valence-corrected chi connectivity index (χ2v) is 6.46. The maximum Gasteiger partial charge on any atom is 0.0570 e. The van der Waals surface area contributed by atoms with Crippen LogP contribution in [0.3, 0.4) is 0 Å². The molecule has 0 saturated heterocycles. The highest BCUT2D eigenvalue weighted by atomic mass is 79.9. The molecule has 1 aromatic carbocycles. The molecule has 0 spiro atoms. The molecule has 3 N–H and O–H groups in total. The number of nitrogens with two attached hydrogens (primary N) is 1. The minimum Gasteiger partial charge on any atom is -0.271 e. The smallest absolute Gasteiger partial charge is 0.0570 e. The van der Waals surface area contributed by atoms with E-state index in [0.717, 1.165) is 4.47 Å². The van der Waals surface area contributed by atoms with E-state index in [9.17, 15) is 0 Å². The van der Waals surface area contributed by atoms with Crippen molar-refractivity contribution in [1.29, 1.82) is 0 Å². The third-order valence-electron chi connectivity index (χ3n) is 3.36. The largest absolute Gasteiger partial charge is 0.271 e. The Morgan fingerprint density at radius 2 is 1.89 bits per heavy atom. The van der Waals surface area contributed by atoms with E-state index in [1.807, 2.05) is 6.07 Å². The van der Waals surface area contributed by atoms with Crippen molar-refractivity contribution < 1.29 is 0 Å². The second kappa shape index (κ2) is 5.53. The van der Waals surface area contributed by atoms with Crippen LogP contribution in [0.2, 0.25) is 0 Å². The average molecular weight is 325 g/mol. The van der Waals surface area contributed by atoms with Gasteiger partial charge in [0.1, 0.15) is 0 Å². The van der Waals surface area contributed by atoms with Crippen LogP contribution in [0.5, 0.6) is 0 Å². The lowest BCUT2D eigenvalue weighted by Gasteiger charge is -2.34. The van der Waals surface area contributed by atoms with E-state index in [4.69, 9.17) is 5.84 Å². The molecule has 96 valence electrons. The van der Waals surface area contributed by atoms with E-state index in [1.54, 1.807) is 11.3 Å². The maximum absolute atomic E-state index is 5.79. The van der Waals surface area contributed by atoms with Crippen molar-refractivity contribution in [1.82, 2.24) is 5.43 Å². The number of halogens is 1. The SMILES string of the molecule is CC(C)(c1ccccc1)C(NN)c1cscc1Br. The Morgan fingerprint density at radius 3 is 2.39 bits per heavy atom. The Labute approximate surface area is 120 Å². The molecule has 0 amide bonds. The predicted octanol–water partition coefficient (Wildman–Crippen LogP) is 3.99. The molecule has 1 unspecified atom stereocenters. The number of benzene rings is 1. The first kappa shape index (κ1) is 13.7. The number of rotatable bonds is 4. The maximum atomic E-state index is 5.79. The third-order valence-corrected chi connectivity index (χ3v) is 5.11. The molecule has 1 heterocycles. The molecule has 0 aliphatic carbocycles. The Hall–Kier alpha value is -0.680. The van der Waals surface area contributed by atoms with Crippen molar-refractivity contribution in [2.45, 2.75) is 25.3 Å². The summed E-state index contributed by atoms with van der Waals surface area (Å²) in [6, 6.07) is 10.5. The van der Waals surface area contributed by atoms with Crippen LogP contribution in [0.4, 0.5) is 0 Å². The van der Waals surface area contributed by atoms with E-state index >= 15 is 0 Å². The van der Waals surface area contributed by atoms with E-state index in [1.165, 1.54) is 11.1 Å². The van der Waals surface area contributed by atoms with Gasteiger partial charge in [-0.05, 0) is 32.4 Å². The van der Waals surface area contributed by atoms with E-state index in [-0.39, 0.29) is 11.5 Å². The van der Waals surface area contributed by atoms with Gasteiger partial charge in [-0.3, -0.25) is 11.3 Å². The number of hydrogen-bond acceptors (Lipinski definition) is 3. The monoisotopic (exact) mass is 324 g/mol. The van der Waals surface area contributed by atoms with Gasteiger partial charge in [0.25, 0.3) is 0 Å². The lowest BCUT2D eigenvalue weighted by atomic mass is 9.76. The minimum absolute atomic E-state index is 0.0699. The van der Waals surface area contributed by atoms with Crippen LogP contribution in [-0.2, 0) is 5.41 Å². The Morgan fingerprint density at radius 1 is 1.22 bits per heavy atom. The van der Waals surface area contributed by atoms with Crippen LogP contribution in [0.1, 0.15) is 31.0 Å². The van der Waals surface area contributed by atoms with Gasteiger partial charge in [0.2, 0.25) is 0 Å². The first-order chi connectivity index (χ1) is 8.57. The average Bonchev–Trinajstić information content (AvgIpc) is 2.78. The molecule has 0 fully saturated rings. The summed E-state index contributed by atoms with van der Waals surface area (Å²) in [6.45, 7) is 4.41. The molecule has 0 bridgehead atoms. The van der Waals surface area contributed by atoms with Gasteiger partial charge in [-0.1, -0.05) is 44.2 Å². The highest BCUT2D eigenvalue weighted by molar-refractivity contribution is 9.10. The van der Waals surface area contributed by atoms with Gasteiger partial charge in [0.15, 0.2) is 0 Å². The summed E-state index contributed by atoms with van der Waals surface area (Å²) in [7, 11) is 0. The normalized spacial score (nSPS) is 13.6. The second-order valence-electron chi connectivity index (χ2n) is 4.86. The van der Waals surface area contributed by atoms with Gasteiger partial charge >= 0.3 is 0 Å². The Balaban J connectivity index is 2.42. The Kier molecular flexibility index (Phi) is 4.22. The molecule has 2 nitrogen and oxygen atoms in total. The highest BCUT2D eigenvalue weighted by Gasteiger charge is 2.33. The zero-order valence-electron chi connectivity index (χ0n) is 10.5. The molecule has 0 aliphatic rings. The number of thiophene rings is 1. The third kappa shape index (κ3) is 2.52. The van der Waals surface area contributed by atoms with E-state index in [0.29, 0.717) is 0 Å². The number of nitrogens with one attached hydrogen (secondary N) is 1. The van der Waals surface area contributed by atoms with Gasteiger partial charge < -0.3 is 0 Å². The quantitative estimate of drug-likeness (QED) is 0.659. The molecule has 1 aromatic heterocycles. The van der Waals surface area contributed by atoms with E-state index < -0.39 is 0 Å². The number of hydrazine groups is 1. The molecular weight excluding hydrogens is 308 g/mol.